The lowest BCUT2D eigenvalue weighted by Gasteiger charge is -2.23. The molecule has 1 aliphatic heterocycles. The van der Waals surface area contributed by atoms with Crippen LogP contribution in [0, 0.1) is 0 Å². The fourth-order valence-corrected chi connectivity index (χ4v) is 2.23. The molecule has 0 atom stereocenters. The van der Waals surface area contributed by atoms with Crippen LogP contribution in [0.15, 0.2) is 12.4 Å². The van der Waals surface area contributed by atoms with Gasteiger partial charge in [-0.25, -0.2) is 9.50 Å². The highest BCUT2D eigenvalue weighted by molar-refractivity contribution is 5.53. The second-order valence-corrected chi connectivity index (χ2v) is 4.33. The zero-order valence-electron chi connectivity index (χ0n) is 9.35. The van der Waals surface area contributed by atoms with Gasteiger partial charge in [-0.3, -0.25) is 0 Å². The van der Waals surface area contributed by atoms with Crippen molar-refractivity contribution in [2.75, 3.05) is 13.6 Å². The molecule has 3 rings (SSSR count). The SMILES string of the molecule is CN1CCc2nn3cnc(CN)c3cc2C1. The van der Waals surface area contributed by atoms with Crippen LogP contribution in [0.3, 0.4) is 0 Å². The number of rotatable bonds is 1. The summed E-state index contributed by atoms with van der Waals surface area (Å²) < 4.78 is 1.84. The van der Waals surface area contributed by atoms with Gasteiger partial charge in [0.05, 0.1) is 16.9 Å². The van der Waals surface area contributed by atoms with Gasteiger partial charge in [0, 0.05) is 26.1 Å². The highest BCUT2D eigenvalue weighted by atomic mass is 15.3. The van der Waals surface area contributed by atoms with Crippen LogP contribution in [0.25, 0.3) is 5.52 Å². The molecule has 0 aromatic carbocycles. The Hall–Kier alpha value is -1.46. The summed E-state index contributed by atoms with van der Waals surface area (Å²) in [5, 5.41) is 4.59. The summed E-state index contributed by atoms with van der Waals surface area (Å²) in [7, 11) is 2.13. The van der Waals surface area contributed by atoms with E-state index in [-0.39, 0.29) is 0 Å². The summed E-state index contributed by atoms with van der Waals surface area (Å²) in [4.78, 5) is 6.57. The Kier molecular flexibility index (Phi) is 2.15. The second kappa shape index (κ2) is 3.54. The van der Waals surface area contributed by atoms with E-state index < -0.39 is 0 Å². The monoisotopic (exact) mass is 217 g/mol. The number of likely N-dealkylation sites (N-methyl/N-ethyl adjacent to an activating group) is 1. The normalized spacial score (nSPS) is 16.6. The Bertz CT molecular complexity index is 530. The molecule has 2 N–H and O–H groups in total. The lowest BCUT2D eigenvalue weighted by molar-refractivity contribution is 0.308. The number of hydrogen-bond acceptors (Lipinski definition) is 4. The van der Waals surface area contributed by atoms with Gasteiger partial charge in [-0.1, -0.05) is 0 Å². The first-order chi connectivity index (χ1) is 7.78. The molecule has 0 aliphatic carbocycles. The number of hydrogen-bond donors (Lipinski definition) is 1. The number of fused-ring (bicyclic) bond motifs is 2. The van der Waals surface area contributed by atoms with Crippen molar-refractivity contribution in [3.8, 4) is 0 Å². The summed E-state index contributed by atoms with van der Waals surface area (Å²) >= 11 is 0. The van der Waals surface area contributed by atoms with Crippen molar-refractivity contribution >= 4 is 5.52 Å². The Balaban J connectivity index is 2.18. The lowest BCUT2D eigenvalue weighted by atomic mass is 10.1. The lowest BCUT2D eigenvalue weighted by Crippen LogP contribution is -2.27. The van der Waals surface area contributed by atoms with E-state index in [0.29, 0.717) is 6.54 Å². The zero-order valence-corrected chi connectivity index (χ0v) is 9.35. The Labute approximate surface area is 93.9 Å². The maximum Gasteiger partial charge on any atom is 0.118 e. The van der Waals surface area contributed by atoms with Gasteiger partial charge < -0.3 is 10.6 Å². The van der Waals surface area contributed by atoms with Gasteiger partial charge in [0.25, 0.3) is 0 Å². The molecular weight excluding hydrogens is 202 g/mol. The minimum Gasteiger partial charge on any atom is -0.325 e. The summed E-state index contributed by atoms with van der Waals surface area (Å²) in [5.74, 6) is 0. The van der Waals surface area contributed by atoms with Crippen molar-refractivity contribution in [2.45, 2.75) is 19.5 Å². The summed E-state index contributed by atoms with van der Waals surface area (Å²) in [5.41, 5.74) is 10.1. The van der Waals surface area contributed by atoms with Crippen molar-refractivity contribution in [1.82, 2.24) is 19.5 Å². The van der Waals surface area contributed by atoms with Crippen LogP contribution in [0.5, 0.6) is 0 Å². The van der Waals surface area contributed by atoms with Gasteiger partial charge >= 0.3 is 0 Å². The first-order valence-electron chi connectivity index (χ1n) is 5.51. The van der Waals surface area contributed by atoms with Crippen LogP contribution >= 0.6 is 0 Å². The van der Waals surface area contributed by atoms with Crippen molar-refractivity contribution in [2.24, 2.45) is 5.73 Å². The average molecular weight is 217 g/mol. The molecule has 2 aromatic heterocycles. The predicted molar refractivity (Wildman–Crippen MR) is 60.9 cm³/mol. The van der Waals surface area contributed by atoms with Crippen molar-refractivity contribution < 1.29 is 0 Å². The predicted octanol–water partition coefficient (Wildman–Crippen LogP) is 0.176. The van der Waals surface area contributed by atoms with E-state index in [9.17, 15) is 0 Å². The molecule has 0 saturated carbocycles. The summed E-state index contributed by atoms with van der Waals surface area (Å²) in [6.07, 6.45) is 2.76. The standard InChI is InChI=1S/C11H15N5/c1-15-3-2-9-8(6-15)4-11-10(5-12)13-7-16(11)14-9/h4,7H,2-3,5-6,12H2,1H3. The second-order valence-electron chi connectivity index (χ2n) is 4.33. The fourth-order valence-electron chi connectivity index (χ4n) is 2.23. The van der Waals surface area contributed by atoms with E-state index in [4.69, 9.17) is 5.73 Å². The number of imidazole rings is 1. The maximum atomic E-state index is 5.65. The molecule has 3 heterocycles. The fraction of sp³-hybridized carbons (Fsp3) is 0.455. The third kappa shape index (κ3) is 1.40. The third-order valence-electron chi connectivity index (χ3n) is 3.14. The molecule has 0 amide bonds. The Morgan fingerprint density at radius 2 is 2.38 bits per heavy atom. The van der Waals surface area contributed by atoms with E-state index >= 15 is 0 Å². The molecule has 5 heteroatoms. The average Bonchev–Trinajstić information content (AvgIpc) is 2.68. The van der Waals surface area contributed by atoms with Crippen LogP contribution in [0.2, 0.25) is 0 Å². The summed E-state index contributed by atoms with van der Waals surface area (Å²) in [6, 6.07) is 2.17. The third-order valence-corrected chi connectivity index (χ3v) is 3.14. The molecule has 0 spiro atoms. The molecule has 84 valence electrons. The van der Waals surface area contributed by atoms with E-state index in [1.54, 1.807) is 6.33 Å². The first-order valence-corrected chi connectivity index (χ1v) is 5.51. The molecule has 5 nitrogen and oxygen atoms in total. The quantitative estimate of drug-likeness (QED) is 0.740. The van der Waals surface area contributed by atoms with Crippen molar-refractivity contribution in [1.29, 1.82) is 0 Å². The van der Waals surface area contributed by atoms with Gasteiger partial charge in [0.2, 0.25) is 0 Å². The van der Waals surface area contributed by atoms with Gasteiger partial charge in [0.1, 0.15) is 6.33 Å². The first kappa shape index (κ1) is 9.74. The van der Waals surface area contributed by atoms with E-state index in [1.807, 2.05) is 4.52 Å². The number of aromatic nitrogens is 3. The van der Waals surface area contributed by atoms with Crippen LogP contribution < -0.4 is 5.73 Å². The number of nitrogens with zero attached hydrogens (tertiary/aromatic N) is 4. The molecule has 0 saturated heterocycles. The van der Waals surface area contributed by atoms with Crippen LogP contribution in [-0.2, 0) is 19.5 Å². The van der Waals surface area contributed by atoms with Crippen molar-refractivity contribution in [3.05, 3.63) is 29.3 Å². The van der Waals surface area contributed by atoms with E-state index in [1.165, 1.54) is 11.3 Å². The Morgan fingerprint density at radius 1 is 1.50 bits per heavy atom. The smallest absolute Gasteiger partial charge is 0.118 e. The minimum absolute atomic E-state index is 0.465. The van der Waals surface area contributed by atoms with Crippen molar-refractivity contribution in [3.63, 3.8) is 0 Å². The molecule has 16 heavy (non-hydrogen) atoms. The van der Waals surface area contributed by atoms with Gasteiger partial charge in [-0.15, -0.1) is 0 Å². The molecule has 0 fully saturated rings. The van der Waals surface area contributed by atoms with E-state index in [2.05, 4.69) is 28.1 Å². The van der Waals surface area contributed by atoms with Crippen LogP contribution in [-0.4, -0.2) is 33.1 Å². The van der Waals surface area contributed by atoms with Gasteiger partial charge in [-0.2, -0.15) is 5.10 Å². The highest BCUT2D eigenvalue weighted by Gasteiger charge is 2.16. The molecule has 2 aromatic rings. The van der Waals surface area contributed by atoms with Crippen LogP contribution in [0.4, 0.5) is 0 Å². The minimum atomic E-state index is 0.465. The molecular formula is C11H15N5. The topological polar surface area (TPSA) is 59.5 Å². The molecule has 0 unspecified atom stereocenters. The molecule has 1 aliphatic rings. The van der Waals surface area contributed by atoms with Crippen LogP contribution in [0.1, 0.15) is 17.0 Å². The zero-order chi connectivity index (χ0) is 11.1. The van der Waals surface area contributed by atoms with E-state index in [0.717, 1.165) is 30.7 Å². The maximum absolute atomic E-state index is 5.65. The van der Waals surface area contributed by atoms with Gasteiger partial charge in [-0.05, 0) is 18.7 Å². The number of nitrogens with two attached hydrogens (primary N) is 1. The molecule has 0 bridgehead atoms. The largest absolute Gasteiger partial charge is 0.325 e. The Morgan fingerprint density at radius 3 is 3.19 bits per heavy atom. The van der Waals surface area contributed by atoms with Gasteiger partial charge in [0.15, 0.2) is 0 Å². The highest BCUT2D eigenvalue weighted by Crippen LogP contribution is 2.19. The summed E-state index contributed by atoms with van der Waals surface area (Å²) in [6.45, 7) is 2.50. The molecule has 0 radical (unpaired) electrons.